The third kappa shape index (κ3) is 6.46. The Balaban J connectivity index is 2.50. The van der Waals surface area contributed by atoms with Crippen LogP contribution in [-0.2, 0) is 31.5 Å². The number of nitrogens with one attached hydrogen (secondary N) is 1. The third-order valence-electron chi connectivity index (χ3n) is 6.10. The number of rotatable bonds is 9. The molecule has 174 valence electrons. The summed E-state index contributed by atoms with van der Waals surface area (Å²) in [5.41, 5.74) is 11.6. The monoisotopic (exact) mass is 659 g/mol. The molecule has 1 atom stereocenters. The van der Waals surface area contributed by atoms with Gasteiger partial charge in [-0.15, -0.1) is 0 Å². The third-order valence-corrected chi connectivity index (χ3v) is 13.3. The predicted octanol–water partition coefficient (Wildman–Crippen LogP) is 5.77. The first-order valence-corrected chi connectivity index (χ1v) is 17.1. The number of aliphatic hydroxyl groups is 1. The minimum absolute atomic E-state index is 0.110. The Morgan fingerprint density at radius 3 is 2.64 bits per heavy atom. The van der Waals surface area contributed by atoms with Gasteiger partial charge in [0.05, 0.1) is 0 Å². The zero-order valence-corrected chi connectivity index (χ0v) is 26.6. The number of aliphatic hydroxyl groups excluding tert-OH is 1. The quantitative estimate of drug-likeness (QED) is 0.139. The van der Waals surface area contributed by atoms with Crippen molar-refractivity contribution in [3.8, 4) is 0 Å². The fourth-order valence-electron chi connectivity index (χ4n) is 3.89. The molecule has 0 spiro atoms. The Labute approximate surface area is 214 Å². The molecule has 2 aromatic rings. The molecule has 0 aliphatic heterocycles. The molecule has 0 heterocycles. The summed E-state index contributed by atoms with van der Waals surface area (Å²) >= 11 is 4.46. The van der Waals surface area contributed by atoms with E-state index in [1.165, 1.54) is 0 Å². The molecule has 0 saturated carbocycles. The van der Waals surface area contributed by atoms with Crippen molar-refractivity contribution in [1.82, 2.24) is 0 Å². The van der Waals surface area contributed by atoms with Crippen LogP contribution in [0.3, 0.4) is 0 Å². The summed E-state index contributed by atoms with van der Waals surface area (Å²) < 4.78 is 20.2. The molecule has 0 radical (unpaired) electrons. The van der Waals surface area contributed by atoms with Crippen LogP contribution in [0.25, 0.3) is 5.57 Å². The first-order chi connectivity index (χ1) is 15.7. The van der Waals surface area contributed by atoms with E-state index in [-0.39, 0.29) is 12.4 Å². The Bertz CT molecular complexity index is 1100. The van der Waals surface area contributed by atoms with Crippen LogP contribution < -0.4 is 11.9 Å². The standard InChI is InChI=1S/C18H25FN3.C8H8ClO.Hg/c1-6-11(3)12(4)16(18(21)22-5)13(7-2)14-9-8-10-15(20)17(14)19;1-6-2-3-8(9)7(4-6)5-10;/h7-11,20H,6H2,1-5H3,(H2,21,22);2,4,10H,5H2,1H3;/q-1;;+1/b13-7-,16-12+;;. The van der Waals surface area contributed by atoms with Gasteiger partial charge in [-0.25, -0.2) is 0 Å². The molecule has 0 fully saturated rings. The van der Waals surface area contributed by atoms with Crippen LogP contribution >= 0.6 is 11.6 Å². The van der Waals surface area contributed by atoms with Crippen molar-refractivity contribution < 1.29 is 34.4 Å². The van der Waals surface area contributed by atoms with E-state index >= 15 is 4.39 Å². The number of benzene rings is 2. The van der Waals surface area contributed by atoms with E-state index in [4.69, 9.17) is 17.3 Å². The Hall–Kier alpha value is -1.69. The van der Waals surface area contributed by atoms with Gasteiger partial charge in [0.25, 0.3) is 0 Å². The van der Waals surface area contributed by atoms with Gasteiger partial charge in [-0.05, 0) is 0 Å². The van der Waals surface area contributed by atoms with Crippen molar-refractivity contribution in [3.05, 3.63) is 75.1 Å². The molecular formula is C26H33ClFHgN3O. The Kier molecular flexibility index (Phi) is 10.6. The van der Waals surface area contributed by atoms with Gasteiger partial charge in [0, 0.05) is 0 Å². The van der Waals surface area contributed by atoms with Crippen LogP contribution in [0, 0.1) is 18.7 Å². The summed E-state index contributed by atoms with van der Waals surface area (Å²) in [7, 11) is 1.65. The van der Waals surface area contributed by atoms with E-state index in [1.807, 2.05) is 45.0 Å². The summed E-state index contributed by atoms with van der Waals surface area (Å²) in [4.78, 5) is 4.22. The summed E-state index contributed by atoms with van der Waals surface area (Å²) in [5, 5.41) is 10.2. The van der Waals surface area contributed by atoms with Gasteiger partial charge in [0.1, 0.15) is 0 Å². The van der Waals surface area contributed by atoms with Crippen LogP contribution in [0.1, 0.15) is 50.8 Å². The fraction of sp³-hybridized carbons (Fsp3) is 0.346. The number of hydrogen-bond donors (Lipinski definition) is 3. The normalized spacial score (nSPS) is 14.0. The topological polar surface area (TPSA) is 70.6 Å². The molecule has 0 saturated heterocycles. The number of halogens is 2. The first kappa shape index (κ1) is 27.5. The first-order valence-electron chi connectivity index (χ1n) is 11.2. The van der Waals surface area contributed by atoms with Crippen molar-refractivity contribution >= 4 is 31.8 Å². The molecule has 1 unspecified atom stereocenters. The number of nitrogens with zero attached hydrogens (tertiary/aromatic N) is 1. The van der Waals surface area contributed by atoms with Gasteiger partial charge in [-0.2, -0.15) is 0 Å². The van der Waals surface area contributed by atoms with Gasteiger partial charge < -0.3 is 0 Å². The molecule has 2 rings (SSSR count). The summed E-state index contributed by atoms with van der Waals surface area (Å²) in [6, 6.07) is 9.30. The number of nitrogens with two attached hydrogens (primary N) is 1. The van der Waals surface area contributed by atoms with Gasteiger partial charge in [-0.1, -0.05) is 0 Å². The molecule has 33 heavy (non-hydrogen) atoms. The Morgan fingerprint density at radius 1 is 1.36 bits per heavy atom. The molecule has 2 aromatic carbocycles. The maximum absolute atomic E-state index is 15.8. The average Bonchev–Trinajstić information content (AvgIpc) is 2.82. The van der Waals surface area contributed by atoms with Crippen LogP contribution in [0.15, 0.2) is 52.5 Å². The van der Waals surface area contributed by atoms with Crippen LogP contribution in [0.2, 0.25) is 5.02 Å². The van der Waals surface area contributed by atoms with Crippen molar-refractivity contribution in [2.24, 2.45) is 16.6 Å². The predicted molar refractivity (Wildman–Crippen MR) is 135 cm³/mol. The number of anilines is 1. The van der Waals surface area contributed by atoms with Crippen molar-refractivity contribution in [2.45, 2.75) is 47.6 Å². The molecule has 4 N–H and O–H groups in total. The second kappa shape index (κ2) is 12.7. The van der Waals surface area contributed by atoms with Crippen LogP contribution in [0.5, 0.6) is 0 Å². The van der Waals surface area contributed by atoms with Crippen molar-refractivity contribution in [1.29, 1.82) is 0 Å². The molecule has 0 aliphatic rings. The van der Waals surface area contributed by atoms with Gasteiger partial charge >= 0.3 is 216 Å². The van der Waals surface area contributed by atoms with E-state index < -0.39 is 24.9 Å². The molecule has 0 bridgehead atoms. The number of allylic oxidation sites excluding steroid dienone is 2. The fourth-order valence-corrected chi connectivity index (χ4v) is 10.3. The van der Waals surface area contributed by atoms with Gasteiger partial charge in [-0.3, -0.25) is 0 Å². The molecule has 7 heteroatoms. The molecule has 0 aliphatic carbocycles. The summed E-state index contributed by atoms with van der Waals surface area (Å²) in [6.07, 6.45) is 2.85. The van der Waals surface area contributed by atoms with E-state index in [1.54, 1.807) is 19.2 Å². The summed E-state index contributed by atoms with van der Waals surface area (Å²) in [5.74, 6) is 0.387. The average molecular weight is 659 g/mol. The van der Waals surface area contributed by atoms with E-state index in [2.05, 4.69) is 21.9 Å². The van der Waals surface area contributed by atoms with Crippen molar-refractivity contribution in [2.75, 3.05) is 10.1 Å². The molecule has 0 aromatic heterocycles. The van der Waals surface area contributed by atoms with Crippen LogP contribution in [0.4, 0.5) is 10.1 Å². The second-order valence-corrected chi connectivity index (χ2v) is 14.3. The molecular weight excluding hydrogens is 625 g/mol. The minimum atomic E-state index is -2.03. The SMILES string of the molecule is C/C=C(\C(C(N)=NC)=C(\C)C(C)CC)c1cccc([NH][Hg][c]2cc(C)cc(CO)c2Cl)c1F. The number of aryl methyl sites for hydroxylation is 1. The van der Waals surface area contributed by atoms with Gasteiger partial charge in [0.2, 0.25) is 0 Å². The van der Waals surface area contributed by atoms with Crippen LogP contribution in [-0.4, -0.2) is 18.0 Å². The molecule has 4 nitrogen and oxygen atoms in total. The number of aliphatic imine (C=N–C) groups is 1. The number of hydrogen-bond acceptors (Lipinski definition) is 3. The maximum atomic E-state index is 15.8. The molecule has 0 amide bonds. The van der Waals surface area contributed by atoms with Crippen molar-refractivity contribution in [3.63, 3.8) is 0 Å². The van der Waals surface area contributed by atoms with E-state index in [9.17, 15) is 5.11 Å². The number of amidine groups is 1. The second-order valence-electron chi connectivity index (χ2n) is 8.25. The zero-order valence-electron chi connectivity index (χ0n) is 20.4. The summed E-state index contributed by atoms with van der Waals surface area (Å²) in [6.45, 7) is 10.1. The van der Waals surface area contributed by atoms with Gasteiger partial charge in [0.15, 0.2) is 0 Å². The van der Waals surface area contributed by atoms with E-state index in [0.717, 1.165) is 31.8 Å². The van der Waals surface area contributed by atoms with E-state index in [0.29, 0.717) is 33.6 Å². The zero-order chi connectivity index (χ0) is 24.7. The Morgan fingerprint density at radius 2 is 2.06 bits per heavy atom.